The van der Waals surface area contributed by atoms with Crippen LogP contribution in [0, 0.1) is 0 Å². The number of pyridine rings is 1. The van der Waals surface area contributed by atoms with Gasteiger partial charge in [-0.1, -0.05) is 0 Å². The van der Waals surface area contributed by atoms with Crippen molar-refractivity contribution in [3.05, 3.63) is 24.4 Å². The molecule has 0 saturated carbocycles. The number of nitrogens with zero attached hydrogens (tertiary/aromatic N) is 1. The maximum Gasteiger partial charge on any atom is 0.231 e. The van der Waals surface area contributed by atoms with E-state index < -0.39 is 9.84 Å². The highest BCUT2D eigenvalue weighted by atomic mass is 32.2. The third kappa shape index (κ3) is 3.02. The molecule has 0 spiro atoms. The summed E-state index contributed by atoms with van der Waals surface area (Å²) in [5.41, 5.74) is 0. The number of nitrogens with one attached hydrogen (secondary N) is 1. The molecule has 1 aromatic heterocycles. The van der Waals surface area contributed by atoms with E-state index in [1.807, 2.05) is 25.1 Å². The molecule has 1 unspecified atom stereocenters. The van der Waals surface area contributed by atoms with Crippen LogP contribution < -0.4 is 14.8 Å². The van der Waals surface area contributed by atoms with Gasteiger partial charge >= 0.3 is 0 Å². The molecule has 0 amide bonds. The maximum atomic E-state index is 11.4. The van der Waals surface area contributed by atoms with Gasteiger partial charge in [-0.15, -0.1) is 0 Å². The fraction of sp³-hybridized carbons (Fsp3) is 0.357. The fourth-order valence-electron chi connectivity index (χ4n) is 2.41. The van der Waals surface area contributed by atoms with E-state index in [0.29, 0.717) is 17.3 Å². The Kier molecular flexibility index (Phi) is 3.36. The molecular formula is C14H16N2O4S. The van der Waals surface area contributed by atoms with Gasteiger partial charge in [0.1, 0.15) is 15.7 Å². The van der Waals surface area contributed by atoms with E-state index in [4.69, 9.17) is 9.47 Å². The average molecular weight is 308 g/mol. The van der Waals surface area contributed by atoms with Gasteiger partial charge in [-0.25, -0.2) is 13.4 Å². The predicted octanol–water partition coefficient (Wildman–Crippen LogP) is 1.81. The van der Waals surface area contributed by atoms with Crippen LogP contribution in [-0.4, -0.2) is 38.2 Å². The van der Waals surface area contributed by atoms with Gasteiger partial charge in [0.05, 0.1) is 5.75 Å². The zero-order chi connectivity index (χ0) is 15.0. The number of hydrogen-bond donors (Lipinski definition) is 1. The van der Waals surface area contributed by atoms with Crippen LogP contribution in [0.15, 0.2) is 24.4 Å². The highest BCUT2D eigenvalue weighted by Gasteiger charge is 2.17. The van der Waals surface area contributed by atoms with Crippen molar-refractivity contribution in [1.82, 2.24) is 4.98 Å². The minimum atomic E-state index is -3.04. The Morgan fingerprint density at radius 3 is 2.76 bits per heavy atom. The largest absolute Gasteiger partial charge is 0.454 e. The van der Waals surface area contributed by atoms with E-state index in [1.165, 1.54) is 6.26 Å². The molecule has 0 fully saturated rings. The summed E-state index contributed by atoms with van der Waals surface area (Å²) in [6, 6.07) is 5.40. The lowest BCUT2D eigenvalue weighted by Crippen LogP contribution is -2.25. The minimum Gasteiger partial charge on any atom is -0.454 e. The maximum absolute atomic E-state index is 11.4. The second-order valence-corrected chi connectivity index (χ2v) is 7.41. The molecule has 1 N–H and O–H groups in total. The molecule has 2 heterocycles. The molecule has 112 valence electrons. The molecule has 0 saturated heterocycles. The van der Waals surface area contributed by atoms with Gasteiger partial charge in [-0.2, -0.15) is 0 Å². The Balaban J connectivity index is 1.95. The van der Waals surface area contributed by atoms with Crippen molar-refractivity contribution >= 4 is 26.4 Å². The van der Waals surface area contributed by atoms with Gasteiger partial charge in [-0.05, 0) is 30.5 Å². The van der Waals surface area contributed by atoms with Crippen LogP contribution >= 0.6 is 0 Å². The van der Waals surface area contributed by atoms with Crippen LogP contribution in [0.5, 0.6) is 11.5 Å². The molecular weight excluding hydrogens is 292 g/mol. The second kappa shape index (κ2) is 5.07. The van der Waals surface area contributed by atoms with Gasteiger partial charge in [0.2, 0.25) is 6.79 Å². The smallest absolute Gasteiger partial charge is 0.231 e. The Bertz CT molecular complexity index is 789. The summed E-state index contributed by atoms with van der Waals surface area (Å²) in [5, 5.41) is 4.98. The van der Waals surface area contributed by atoms with E-state index in [-0.39, 0.29) is 18.6 Å². The number of ether oxygens (including phenoxy) is 2. The van der Waals surface area contributed by atoms with Gasteiger partial charge in [0.15, 0.2) is 11.5 Å². The number of hydrogen-bond acceptors (Lipinski definition) is 6. The van der Waals surface area contributed by atoms with E-state index in [2.05, 4.69) is 10.3 Å². The van der Waals surface area contributed by atoms with E-state index in [9.17, 15) is 8.42 Å². The zero-order valence-electron chi connectivity index (χ0n) is 11.8. The number of benzene rings is 1. The minimum absolute atomic E-state index is 0.0512. The first-order valence-electron chi connectivity index (χ1n) is 6.55. The number of fused-ring (bicyclic) bond motifs is 2. The second-order valence-electron chi connectivity index (χ2n) is 5.22. The Hall–Kier alpha value is -2.02. The third-order valence-electron chi connectivity index (χ3n) is 3.19. The lowest BCUT2D eigenvalue weighted by Gasteiger charge is -2.15. The zero-order valence-corrected chi connectivity index (χ0v) is 12.6. The monoisotopic (exact) mass is 308 g/mol. The van der Waals surface area contributed by atoms with Crippen LogP contribution in [-0.2, 0) is 9.84 Å². The molecule has 1 atom stereocenters. The summed E-state index contributed by atoms with van der Waals surface area (Å²) in [6.07, 6.45) is 2.90. The molecule has 1 aliphatic heterocycles. The normalized spacial score (nSPS) is 15.1. The summed E-state index contributed by atoms with van der Waals surface area (Å²) in [7, 11) is -3.04. The first-order valence-corrected chi connectivity index (χ1v) is 8.61. The van der Waals surface area contributed by atoms with Crippen LogP contribution in [0.4, 0.5) is 5.82 Å². The van der Waals surface area contributed by atoms with Crippen LogP contribution in [0.3, 0.4) is 0 Å². The molecule has 21 heavy (non-hydrogen) atoms. The lowest BCUT2D eigenvalue weighted by molar-refractivity contribution is 0.174. The summed E-state index contributed by atoms with van der Waals surface area (Å²) >= 11 is 0. The first kappa shape index (κ1) is 13.9. The Morgan fingerprint density at radius 2 is 2.05 bits per heavy atom. The van der Waals surface area contributed by atoms with Crippen molar-refractivity contribution in [2.75, 3.05) is 24.1 Å². The molecule has 0 aliphatic carbocycles. The van der Waals surface area contributed by atoms with Crippen molar-refractivity contribution in [2.24, 2.45) is 0 Å². The molecule has 3 rings (SSSR count). The summed E-state index contributed by atoms with van der Waals surface area (Å²) in [5.74, 6) is 2.08. The van der Waals surface area contributed by atoms with Gasteiger partial charge in [0, 0.05) is 23.9 Å². The van der Waals surface area contributed by atoms with Crippen molar-refractivity contribution < 1.29 is 17.9 Å². The molecule has 6 nitrogen and oxygen atoms in total. The SMILES string of the molecule is CC(CS(C)(=O)=O)Nc1nccc2cc3c(cc12)OCO3. The van der Waals surface area contributed by atoms with E-state index in [0.717, 1.165) is 10.8 Å². The average Bonchev–Trinajstić information content (AvgIpc) is 2.81. The Morgan fingerprint density at radius 1 is 1.33 bits per heavy atom. The quantitative estimate of drug-likeness (QED) is 0.928. The van der Waals surface area contributed by atoms with Gasteiger partial charge in [-0.3, -0.25) is 0 Å². The summed E-state index contributed by atoms with van der Waals surface area (Å²) in [6.45, 7) is 2.03. The van der Waals surface area contributed by atoms with Crippen molar-refractivity contribution in [3.8, 4) is 11.5 Å². The molecule has 0 bridgehead atoms. The molecule has 0 radical (unpaired) electrons. The number of rotatable bonds is 4. The number of aromatic nitrogens is 1. The lowest BCUT2D eigenvalue weighted by atomic mass is 10.1. The van der Waals surface area contributed by atoms with Crippen molar-refractivity contribution in [1.29, 1.82) is 0 Å². The molecule has 1 aliphatic rings. The van der Waals surface area contributed by atoms with E-state index >= 15 is 0 Å². The summed E-state index contributed by atoms with van der Waals surface area (Å²) in [4.78, 5) is 4.30. The van der Waals surface area contributed by atoms with Gasteiger partial charge in [0.25, 0.3) is 0 Å². The predicted molar refractivity (Wildman–Crippen MR) is 80.7 cm³/mol. The standard InChI is InChI=1S/C14H16N2O4S/c1-9(7-21(2,17)18)16-14-11-6-13-12(19-8-20-13)5-10(11)3-4-15-14/h3-6,9H,7-8H2,1-2H3,(H,15,16). The molecule has 2 aromatic rings. The highest BCUT2D eigenvalue weighted by Crippen LogP contribution is 2.37. The molecule has 1 aromatic carbocycles. The number of anilines is 1. The Labute approximate surface area is 123 Å². The number of sulfone groups is 1. The highest BCUT2D eigenvalue weighted by molar-refractivity contribution is 7.90. The van der Waals surface area contributed by atoms with Crippen LogP contribution in [0.25, 0.3) is 10.8 Å². The van der Waals surface area contributed by atoms with E-state index in [1.54, 1.807) is 6.20 Å². The van der Waals surface area contributed by atoms with Crippen molar-refractivity contribution in [3.63, 3.8) is 0 Å². The first-order chi connectivity index (χ1) is 9.92. The van der Waals surface area contributed by atoms with Crippen molar-refractivity contribution in [2.45, 2.75) is 13.0 Å². The molecule has 7 heteroatoms. The topological polar surface area (TPSA) is 77.5 Å². The fourth-order valence-corrected chi connectivity index (χ4v) is 3.40. The van der Waals surface area contributed by atoms with Crippen LogP contribution in [0.2, 0.25) is 0 Å². The summed E-state index contributed by atoms with van der Waals surface area (Å²) < 4.78 is 33.4. The third-order valence-corrected chi connectivity index (χ3v) is 4.30. The van der Waals surface area contributed by atoms with Gasteiger partial charge < -0.3 is 14.8 Å². The van der Waals surface area contributed by atoms with Crippen LogP contribution in [0.1, 0.15) is 6.92 Å².